The quantitative estimate of drug-likeness (QED) is 0.758. The van der Waals surface area contributed by atoms with Crippen molar-refractivity contribution in [3.63, 3.8) is 0 Å². The summed E-state index contributed by atoms with van der Waals surface area (Å²) < 4.78 is 1.00. The molecule has 1 unspecified atom stereocenters. The second kappa shape index (κ2) is 7.57. The molecule has 1 aromatic carbocycles. The van der Waals surface area contributed by atoms with Gasteiger partial charge in [0.15, 0.2) is 0 Å². The van der Waals surface area contributed by atoms with E-state index in [0.717, 1.165) is 35.8 Å². The second-order valence-electron chi connectivity index (χ2n) is 4.62. The lowest BCUT2D eigenvalue weighted by Gasteiger charge is -2.28. The number of carbonyl (C=O) groups excluding carboxylic acids is 1. The molecule has 0 saturated carbocycles. The first kappa shape index (κ1) is 15.2. The highest BCUT2D eigenvalue weighted by molar-refractivity contribution is 9.10. The van der Waals surface area contributed by atoms with Crippen molar-refractivity contribution in [2.24, 2.45) is 0 Å². The molecule has 0 bridgehead atoms. The van der Waals surface area contributed by atoms with Crippen molar-refractivity contribution in [3.05, 3.63) is 34.3 Å². The SMILES string of the molecule is CCCCN(C(=O)c1ccc(Br)cc1)C(C)CC. The Morgan fingerprint density at radius 1 is 1.28 bits per heavy atom. The van der Waals surface area contributed by atoms with E-state index in [9.17, 15) is 4.79 Å². The molecule has 0 aliphatic heterocycles. The van der Waals surface area contributed by atoms with E-state index in [0.29, 0.717) is 6.04 Å². The Bertz CT molecular complexity index is 375. The number of halogens is 1. The number of carbonyl (C=O) groups is 1. The van der Waals surface area contributed by atoms with Gasteiger partial charge in [0.2, 0.25) is 0 Å². The van der Waals surface area contributed by atoms with Gasteiger partial charge in [-0.25, -0.2) is 0 Å². The molecule has 1 amide bonds. The first-order valence-corrected chi connectivity index (χ1v) is 7.46. The lowest BCUT2D eigenvalue weighted by atomic mass is 10.1. The number of hydrogen-bond donors (Lipinski definition) is 0. The lowest BCUT2D eigenvalue weighted by Crippen LogP contribution is -2.39. The fraction of sp³-hybridized carbons (Fsp3) is 0.533. The molecule has 0 heterocycles. The Kier molecular flexibility index (Phi) is 6.41. The number of unbranched alkanes of at least 4 members (excludes halogenated alkanes) is 1. The smallest absolute Gasteiger partial charge is 0.254 e. The third-order valence-corrected chi connectivity index (χ3v) is 3.76. The van der Waals surface area contributed by atoms with Crippen LogP contribution in [0.2, 0.25) is 0 Å². The zero-order valence-electron chi connectivity index (χ0n) is 11.4. The molecule has 0 N–H and O–H groups in total. The molecule has 0 aliphatic rings. The fourth-order valence-electron chi connectivity index (χ4n) is 1.83. The normalized spacial score (nSPS) is 12.2. The van der Waals surface area contributed by atoms with Crippen LogP contribution in [-0.4, -0.2) is 23.4 Å². The van der Waals surface area contributed by atoms with E-state index < -0.39 is 0 Å². The van der Waals surface area contributed by atoms with Gasteiger partial charge in [-0.2, -0.15) is 0 Å². The largest absolute Gasteiger partial charge is 0.336 e. The van der Waals surface area contributed by atoms with Crippen molar-refractivity contribution in [2.45, 2.75) is 46.1 Å². The van der Waals surface area contributed by atoms with Crippen LogP contribution >= 0.6 is 15.9 Å². The van der Waals surface area contributed by atoms with E-state index in [4.69, 9.17) is 0 Å². The molecule has 0 spiro atoms. The molecule has 2 nitrogen and oxygen atoms in total. The summed E-state index contributed by atoms with van der Waals surface area (Å²) in [5.74, 6) is 0.144. The molecular formula is C15H22BrNO. The number of hydrogen-bond acceptors (Lipinski definition) is 1. The van der Waals surface area contributed by atoms with Crippen LogP contribution < -0.4 is 0 Å². The zero-order valence-corrected chi connectivity index (χ0v) is 13.0. The molecule has 18 heavy (non-hydrogen) atoms. The Morgan fingerprint density at radius 2 is 1.89 bits per heavy atom. The third-order valence-electron chi connectivity index (χ3n) is 3.23. The Morgan fingerprint density at radius 3 is 2.39 bits per heavy atom. The summed E-state index contributed by atoms with van der Waals surface area (Å²) in [6.07, 6.45) is 3.17. The minimum absolute atomic E-state index is 0.144. The summed E-state index contributed by atoms with van der Waals surface area (Å²) in [5, 5.41) is 0. The molecule has 1 rings (SSSR count). The third kappa shape index (κ3) is 4.13. The van der Waals surface area contributed by atoms with E-state index in [2.05, 4.69) is 36.7 Å². The van der Waals surface area contributed by atoms with Gasteiger partial charge in [-0.15, -0.1) is 0 Å². The van der Waals surface area contributed by atoms with Crippen LogP contribution in [0.5, 0.6) is 0 Å². The molecule has 1 atom stereocenters. The predicted octanol–water partition coefficient (Wildman–Crippen LogP) is 4.49. The van der Waals surface area contributed by atoms with Gasteiger partial charge in [-0.1, -0.05) is 36.2 Å². The minimum atomic E-state index is 0.144. The zero-order chi connectivity index (χ0) is 13.5. The average molecular weight is 312 g/mol. The topological polar surface area (TPSA) is 20.3 Å². The van der Waals surface area contributed by atoms with Gasteiger partial charge < -0.3 is 4.90 Å². The molecule has 100 valence electrons. The van der Waals surface area contributed by atoms with Crippen LogP contribution in [0.1, 0.15) is 50.4 Å². The highest BCUT2D eigenvalue weighted by Gasteiger charge is 2.19. The Balaban J connectivity index is 2.83. The molecule has 0 radical (unpaired) electrons. The first-order valence-electron chi connectivity index (χ1n) is 6.66. The summed E-state index contributed by atoms with van der Waals surface area (Å²) in [4.78, 5) is 14.5. The summed E-state index contributed by atoms with van der Waals surface area (Å²) in [7, 11) is 0. The molecule has 1 aromatic rings. The number of nitrogens with zero attached hydrogens (tertiary/aromatic N) is 1. The monoisotopic (exact) mass is 311 g/mol. The maximum absolute atomic E-state index is 12.5. The van der Waals surface area contributed by atoms with Crippen molar-refractivity contribution >= 4 is 21.8 Å². The van der Waals surface area contributed by atoms with E-state index in [-0.39, 0.29) is 5.91 Å². The second-order valence-corrected chi connectivity index (χ2v) is 5.53. The number of amides is 1. The van der Waals surface area contributed by atoms with Gasteiger partial charge in [0.1, 0.15) is 0 Å². The van der Waals surface area contributed by atoms with Gasteiger partial charge in [0.25, 0.3) is 5.91 Å². The van der Waals surface area contributed by atoms with Crippen LogP contribution in [-0.2, 0) is 0 Å². The lowest BCUT2D eigenvalue weighted by molar-refractivity contribution is 0.0685. The van der Waals surface area contributed by atoms with Crippen molar-refractivity contribution in [2.75, 3.05) is 6.54 Å². The Labute approximate surface area is 119 Å². The van der Waals surface area contributed by atoms with Crippen LogP contribution in [0, 0.1) is 0 Å². The van der Waals surface area contributed by atoms with Crippen LogP contribution in [0.4, 0.5) is 0 Å². The molecule has 0 aliphatic carbocycles. The summed E-state index contributed by atoms with van der Waals surface area (Å²) in [5.41, 5.74) is 0.773. The molecule has 0 aromatic heterocycles. The maximum Gasteiger partial charge on any atom is 0.254 e. The van der Waals surface area contributed by atoms with E-state index in [1.54, 1.807) is 0 Å². The molecule has 0 fully saturated rings. The van der Waals surface area contributed by atoms with Crippen molar-refractivity contribution in [1.82, 2.24) is 4.90 Å². The minimum Gasteiger partial charge on any atom is -0.336 e. The molecule has 0 saturated heterocycles. The van der Waals surface area contributed by atoms with E-state index >= 15 is 0 Å². The Hall–Kier alpha value is -0.830. The van der Waals surface area contributed by atoms with Crippen LogP contribution in [0.25, 0.3) is 0 Å². The van der Waals surface area contributed by atoms with Gasteiger partial charge >= 0.3 is 0 Å². The molecular weight excluding hydrogens is 290 g/mol. The van der Waals surface area contributed by atoms with E-state index in [1.165, 1.54) is 0 Å². The highest BCUT2D eigenvalue weighted by atomic mass is 79.9. The summed E-state index contributed by atoms with van der Waals surface area (Å²) >= 11 is 3.39. The highest BCUT2D eigenvalue weighted by Crippen LogP contribution is 2.15. The fourth-order valence-corrected chi connectivity index (χ4v) is 2.09. The van der Waals surface area contributed by atoms with Crippen LogP contribution in [0.15, 0.2) is 28.7 Å². The van der Waals surface area contributed by atoms with Gasteiger partial charge in [0, 0.05) is 22.6 Å². The first-order chi connectivity index (χ1) is 8.60. The predicted molar refractivity (Wildman–Crippen MR) is 79.8 cm³/mol. The van der Waals surface area contributed by atoms with Crippen molar-refractivity contribution in [3.8, 4) is 0 Å². The summed E-state index contributed by atoms with van der Waals surface area (Å²) in [6, 6.07) is 7.90. The van der Waals surface area contributed by atoms with Gasteiger partial charge in [0.05, 0.1) is 0 Å². The number of benzene rings is 1. The standard InChI is InChI=1S/C15H22BrNO/c1-4-6-11-17(12(3)5-2)15(18)13-7-9-14(16)10-8-13/h7-10,12H,4-6,11H2,1-3H3. The van der Waals surface area contributed by atoms with Crippen molar-refractivity contribution < 1.29 is 4.79 Å². The molecule has 3 heteroatoms. The average Bonchev–Trinajstić information content (AvgIpc) is 2.39. The van der Waals surface area contributed by atoms with Crippen molar-refractivity contribution in [1.29, 1.82) is 0 Å². The number of rotatable bonds is 6. The van der Waals surface area contributed by atoms with Gasteiger partial charge in [-0.3, -0.25) is 4.79 Å². The van der Waals surface area contributed by atoms with Crippen LogP contribution in [0.3, 0.4) is 0 Å². The van der Waals surface area contributed by atoms with E-state index in [1.807, 2.05) is 29.2 Å². The maximum atomic E-state index is 12.5. The summed E-state index contributed by atoms with van der Waals surface area (Å²) in [6.45, 7) is 7.24. The van der Waals surface area contributed by atoms with Gasteiger partial charge in [-0.05, 0) is 44.0 Å².